The number of nitrogens with zero attached hydrogens (tertiary/aromatic N) is 3. The standard InChI is InChI=1S/C13H10FN3O3S/c1-2-6-3-9(21-16-6)11-10-7(8(14)4-15-11)5-17(12(10)18)13(19)20/h3-4H,2,5H2,1H3,(H,19,20). The van der Waals surface area contributed by atoms with Gasteiger partial charge < -0.3 is 5.11 Å². The van der Waals surface area contributed by atoms with Crippen LogP contribution >= 0.6 is 11.5 Å². The molecule has 0 unspecified atom stereocenters. The van der Waals surface area contributed by atoms with Crippen LogP contribution in [0.4, 0.5) is 9.18 Å². The molecule has 2 aromatic rings. The van der Waals surface area contributed by atoms with E-state index in [4.69, 9.17) is 5.11 Å². The van der Waals surface area contributed by atoms with Crippen LogP contribution in [0.3, 0.4) is 0 Å². The molecule has 0 aromatic carbocycles. The van der Waals surface area contributed by atoms with Gasteiger partial charge in [0.1, 0.15) is 5.82 Å². The molecule has 1 aliphatic heterocycles. The third-order valence-corrected chi connectivity index (χ3v) is 4.13. The summed E-state index contributed by atoms with van der Waals surface area (Å²) >= 11 is 1.16. The number of pyridine rings is 1. The third kappa shape index (κ3) is 2.07. The van der Waals surface area contributed by atoms with Crippen LogP contribution in [-0.4, -0.2) is 31.4 Å². The Balaban J connectivity index is 2.16. The Hall–Kier alpha value is -2.35. The highest BCUT2D eigenvalue weighted by Gasteiger charge is 2.37. The van der Waals surface area contributed by atoms with Gasteiger partial charge in [-0.3, -0.25) is 9.78 Å². The summed E-state index contributed by atoms with van der Waals surface area (Å²) < 4.78 is 18.0. The minimum absolute atomic E-state index is 0.0173. The monoisotopic (exact) mass is 307 g/mol. The number of fused-ring (bicyclic) bond motifs is 1. The lowest BCUT2D eigenvalue weighted by atomic mass is 10.1. The van der Waals surface area contributed by atoms with Crippen molar-refractivity contribution >= 4 is 23.5 Å². The molecule has 2 amide bonds. The Morgan fingerprint density at radius 3 is 2.95 bits per heavy atom. The molecule has 1 aliphatic rings. The van der Waals surface area contributed by atoms with Gasteiger partial charge in [-0.25, -0.2) is 14.1 Å². The Morgan fingerprint density at radius 2 is 2.33 bits per heavy atom. The van der Waals surface area contributed by atoms with Crippen LogP contribution in [0.5, 0.6) is 0 Å². The molecule has 3 heterocycles. The van der Waals surface area contributed by atoms with Crippen molar-refractivity contribution in [1.29, 1.82) is 0 Å². The number of rotatable bonds is 2. The van der Waals surface area contributed by atoms with Gasteiger partial charge in [-0.2, -0.15) is 4.37 Å². The fourth-order valence-electron chi connectivity index (χ4n) is 2.21. The average molecular weight is 307 g/mol. The maximum atomic E-state index is 13.8. The van der Waals surface area contributed by atoms with E-state index >= 15 is 0 Å². The first-order chi connectivity index (χ1) is 10.0. The van der Waals surface area contributed by atoms with Crippen molar-refractivity contribution in [1.82, 2.24) is 14.3 Å². The molecule has 0 aliphatic carbocycles. The van der Waals surface area contributed by atoms with E-state index in [1.807, 2.05) is 6.92 Å². The number of hydrogen-bond donors (Lipinski definition) is 1. The molecule has 0 fully saturated rings. The molecular formula is C13H10FN3O3S. The van der Waals surface area contributed by atoms with Crippen molar-refractivity contribution in [2.24, 2.45) is 0 Å². The summed E-state index contributed by atoms with van der Waals surface area (Å²) in [6.45, 7) is 1.66. The number of carbonyl (C=O) groups is 2. The molecule has 2 aromatic heterocycles. The van der Waals surface area contributed by atoms with E-state index in [0.717, 1.165) is 29.8 Å². The minimum atomic E-state index is -1.40. The fraction of sp³-hybridized carbons (Fsp3) is 0.231. The summed E-state index contributed by atoms with van der Waals surface area (Å²) in [6, 6.07) is 1.78. The van der Waals surface area contributed by atoms with Crippen LogP contribution in [0.15, 0.2) is 12.3 Å². The zero-order valence-electron chi connectivity index (χ0n) is 11.0. The smallest absolute Gasteiger partial charge is 0.414 e. The quantitative estimate of drug-likeness (QED) is 0.921. The van der Waals surface area contributed by atoms with Crippen LogP contribution in [0.2, 0.25) is 0 Å². The van der Waals surface area contributed by atoms with Crippen LogP contribution in [0.25, 0.3) is 10.6 Å². The highest BCUT2D eigenvalue weighted by Crippen LogP contribution is 2.34. The average Bonchev–Trinajstić information content (AvgIpc) is 3.05. The second-order valence-electron chi connectivity index (χ2n) is 4.52. The van der Waals surface area contributed by atoms with Crippen LogP contribution in [0.1, 0.15) is 28.5 Å². The van der Waals surface area contributed by atoms with E-state index in [0.29, 0.717) is 9.78 Å². The van der Waals surface area contributed by atoms with Gasteiger partial charge in [0.05, 0.1) is 34.6 Å². The molecule has 0 atom stereocenters. The van der Waals surface area contributed by atoms with Gasteiger partial charge in [-0.05, 0) is 24.0 Å². The van der Waals surface area contributed by atoms with E-state index in [2.05, 4.69) is 9.36 Å². The van der Waals surface area contributed by atoms with Gasteiger partial charge in [-0.1, -0.05) is 6.92 Å². The number of aryl methyl sites for hydroxylation is 1. The van der Waals surface area contributed by atoms with E-state index in [-0.39, 0.29) is 23.4 Å². The van der Waals surface area contributed by atoms with Crippen molar-refractivity contribution in [2.45, 2.75) is 19.9 Å². The first-order valence-electron chi connectivity index (χ1n) is 6.21. The molecule has 21 heavy (non-hydrogen) atoms. The van der Waals surface area contributed by atoms with Crippen molar-refractivity contribution in [2.75, 3.05) is 0 Å². The Labute approximate surface area is 123 Å². The lowest BCUT2D eigenvalue weighted by Gasteiger charge is -2.07. The summed E-state index contributed by atoms with van der Waals surface area (Å²) in [6.07, 6.45) is 0.341. The number of imide groups is 1. The molecule has 8 heteroatoms. The molecule has 0 bridgehead atoms. The topological polar surface area (TPSA) is 83.4 Å². The molecule has 0 spiro atoms. The summed E-state index contributed by atoms with van der Waals surface area (Å²) in [5.41, 5.74) is 1.22. The molecule has 6 nitrogen and oxygen atoms in total. The lowest BCUT2D eigenvalue weighted by molar-refractivity contribution is 0.0764. The van der Waals surface area contributed by atoms with E-state index < -0.39 is 17.8 Å². The third-order valence-electron chi connectivity index (χ3n) is 3.29. The largest absolute Gasteiger partial charge is 0.465 e. The lowest BCUT2D eigenvalue weighted by Crippen LogP contribution is -2.29. The molecule has 0 saturated carbocycles. The molecule has 108 valence electrons. The summed E-state index contributed by atoms with van der Waals surface area (Å²) in [5.74, 6) is -1.42. The summed E-state index contributed by atoms with van der Waals surface area (Å²) in [7, 11) is 0. The Kier molecular flexibility index (Phi) is 3.17. The van der Waals surface area contributed by atoms with E-state index in [1.54, 1.807) is 6.07 Å². The van der Waals surface area contributed by atoms with Crippen molar-refractivity contribution < 1.29 is 19.1 Å². The highest BCUT2D eigenvalue weighted by molar-refractivity contribution is 7.09. The number of amides is 2. The van der Waals surface area contributed by atoms with Crippen molar-refractivity contribution in [3.05, 3.63) is 34.9 Å². The number of halogens is 1. The Bertz CT molecular complexity index is 759. The number of hydrogen-bond acceptors (Lipinski definition) is 5. The fourth-order valence-corrected chi connectivity index (χ4v) is 3.03. The first-order valence-corrected chi connectivity index (χ1v) is 6.98. The molecule has 0 saturated heterocycles. The maximum Gasteiger partial charge on any atom is 0.414 e. The van der Waals surface area contributed by atoms with Gasteiger partial charge in [-0.15, -0.1) is 0 Å². The molecule has 3 rings (SSSR count). The summed E-state index contributed by atoms with van der Waals surface area (Å²) in [4.78, 5) is 28.4. The second kappa shape index (κ2) is 4.88. The SMILES string of the molecule is CCc1cc(-c2ncc(F)c3c2C(=O)N(C(=O)O)C3)sn1. The maximum absolute atomic E-state index is 13.8. The zero-order chi connectivity index (χ0) is 15.1. The molecular weight excluding hydrogens is 297 g/mol. The van der Waals surface area contributed by atoms with Gasteiger partial charge in [0.15, 0.2) is 0 Å². The van der Waals surface area contributed by atoms with E-state index in [1.165, 1.54) is 0 Å². The van der Waals surface area contributed by atoms with Crippen molar-refractivity contribution in [3.63, 3.8) is 0 Å². The summed E-state index contributed by atoms with van der Waals surface area (Å²) in [5, 5.41) is 9.00. The van der Waals surface area contributed by atoms with Crippen LogP contribution < -0.4 is 0 Å². The highest BCUT2D eigenvalue weighted by atomic mass is 32.1. The first kappa shape index (κ1) is 13.6. The van der Waals surface area contributed by atoms with Gasteiger partial charge in [0, 0.05) is 5.56 Å². The Morgan fingerprint density at radius 1 is 1.57 bits per heavy atom. The van der Waals surface area contributed by atoms with Crippen LogP contribution in [-0.2, 0) is 13.0 Å². The molecule has 0 radical (unpaired) electrons. The van der Waals surface area contributed by atoms with Crippen molar-refractivity contribution in [3.8, 4) is 10.6 Å². The normalized spacial score (nSPS) is 13.6. The van der Waals surface area contributed by atoms with Gasteiger partial charge in [0.2, 0.25) is 0 Å². The predicted molar refractivity (Wildman–Crippen MR) is 72.6 cm³/mol. The second-order valence-corrected chi connectivity index (χ2v) is 5.32. The molecule has 1 N–H and O–H groups in total. The van der Waals surface area contributed by atoms with Gasteiger partial charge in [0.25, 0.3) is 5.91 Å². The minimum Gasteiger partial charge on any atom is -0.465 e. The number of carbonyl (C=O) groups excluding carboxylic acids is 1. The predicted octanol–water partition coefficient (Wildman–Crippen LogP) is 2.54. The number of aromatic nitrogens is 2. The van der Waals surface area contributed by atoms with Gasteiger partial charge >= 0.3 is 6.09 Å². The van der Waals surface area contributed by atoms with E-state index in [9.17, 15) is 14.0 Å². The van der Waals surface area contributed by atoms with Crippen LogP contribution in [0, 0.1) is 5.82 Å². The zero-order valence-corrected chi connectivity index (χ0v) is 11.8. The number of carboxylic acid groups (broad SMARTS) is 1.